The number of hydrogen-bond donors (Lipinski definition) is 0. The van der Waals surface area contributed by atoms with Crippen LogP contribution in [0.4, 0.5) is 10.1 Å². The molecule has 0 aliphatic heterocycles. The van der Waals surface area contributed by atoms with Gasteiger partial charge in [-0.15, -0.1) is 0 Å². The molecular weight excluding hydrogens is 393 g/mol. The Hall–Kier alpha value is -3.93. The Balaban J connectivity index is 1.82. The lowest BCUT2D eigenvalue weighted by atomic mass is 10.1. The summed E-state index contributed by atoms with van der Waals surface area (Å²) in [5, 5.41) is 0. The molecule has 0 aliphatic carbocycles. The molecule has 0 N–H and O–H groups in total. The van der Waals surface area contributed by atoms with Gasteiger partial charge in [0.1, 0.15) is 23.1 Å². The van der Waals surface area contributed by atoms with Crippen LogP contribution in [0.2, 0.25) is 0 Å². The number of aromatic nitrogens is 2. The van der Waals surface area contributed by atoms with Gasteiger partial charge in [0.25, 0.3) is 5.91 Å². The number of carbonyl (C=O) groups excluding carboxylic acids is 1. The zero-order valence-electron chi connectivity index (χ0n) is 17.5. The second kappa shape index (κ2) is 8.44. The predicted molar refractivity (Wildman–Crippen MR) is 119 cm³/mol. The Bertz CT molecular complexity index is 1210. The molecule has 0 bridgehead atoms. The number of imidazole rings is 1. The second-order valence-corrected chi connectivity index (χ2v) is 7.20. The smallest absolute Gasteiger partial charge is 0.278 e. The number of rotatable bonds is 5. The monoisotopic (exact) mass is 415 g/mol. The molecule has 31 heavy (non-hydrogen) atoms. The van der Waals surface area contributed by atoms with Crippen LogP contribution in [0.1, 0.15) is 16.1 Å². The molecule has 5 nitrogen and oxygen atoms in total. The largest absolute Gasteiger partial charge is 0.496 e. The van der Waals surface area contributed by atoms with Gasteiger partial charge in [-0.3, -0.25) is 9.36 Å². The quantitative estimate of drug-likeness (QED) is 0.446. The highest BCUT2D eigenvalue weighted by Gasteiger charge is 2.22. The van der Waals surface area contributed by atoms with Gasteiger partial charge >= 0.3 is 0 Å². The fourth-order valence-corrected chi connectivity index (χ4v) is 3.36. The van der Waals surface area contributed by atoms with E-state index in [0.29, 0.717) is 17.3 Å². The van der Waals surface area contributed by atoms with Crippen molar-refractivity contribution in [2.24, 2.45) is 0 Å². The summed E-state index contributed by atoms with van der Waals surface area (Å²) in [5.41, 5.74) is 3.63. The SMILES string of the molecule is COc1ccccc1-c1nc(C(=O)N(C)c2ccc(F)cc2)cn1-c1ccc(C)cc1. The maximum absolute atomic E-state index is 13.3. The van der Waals surface area contributed by atoms with Gasteiger partial charge < -0.3 is 9.64 Å². The molecule has 0 atom stereocenters. The van der Waals surface area contributed by atoms with E-state index in [9.17, 15) is 9.18 Å². The molecule has 0 spiro atoms. The van der Waals surface area contributed by atoms with Crippen LogP contribution in [0, 0.1) is 12.7 Å². The van der Waals surface area contributed by atoms with E-state index in [0.717, 1.165) is 16.8 Å². The van der Waals surface area contributed by atoms with Crippen molar-refractivity contribution >= 4 is 11.6 Å². The maximum atomic E-state index is 13.3. The molecular formula is C25H22FN3O2. The number of halogens is 1. The minimum absolute atomic E-state index is 0.272. The van der Waals surface area contributed by atoms with Gasteiger partial charge in [-0.2, -0.15) is 0 Å². The zero-order chi connectivity index (χ0) is 22.0. The topological polar surface area (TPSA) is 47.4 Å². The maximum Gasteiger partial charge on any atom is 0.278 e. The Kier molecular flexibility index (Phi) is 5.54. The van der Waals surface area contributed by atoms with E-state index in [1.54, 1.807) is 32.5 Å². The first-order valence-corrected chi connectivity index (χ1v) is 9.81. The second-order valence-electron chi connectivity index (χ2n) is 7.20. The van der Waals surface area contributed by atoms with Crippen LogP contribution in [0.15, 0.2) is 79.0 Å². The van der Waals surface area contributed by atoms with Crippen molar-refractivity contribution in [3.05, 3.63) is 96.1 Å². The summed E-state index contributed by atoms with van der Waals surface area (Å²) in [6.45, 7) is 2.02. The summed E-state index contributed by atoms with van der Waals surface area (Å²) in [7, 11) is 3.25. The number of anilines is 1. The van der Waals surface area contributed by atoms with E-state index in [1.165, 1.54) is 17.0 Å². The highest BCUT2D eigenvalue weighted by atomic mass is 19.1. The number of methoxy groups -OCH3 is 1. The molecule has 0 saturated carbocycles. The number of aryl methyl sites for hydroxylation is 1. The van der Waals surface area contributed by atoms with Crippen LogP contribution in [0.25, 0.3) is 17.1 Å². The van der Waals surface area contributed by atoms with Gasteiger partial charge in [0.05, 0.1) is 12.7 Å². The molecule has 0 radical (unpaired) electrons. The third kappa shape index (κ3) is 4.05. The van der Waals surface area contributed by atoms with Gasteiger partial charge in [-0.1, -0.05) is 29.8 Å². The van der Waals surface area contributed by atoms with Crippen molar-refractivity contribution in [3.8, 4) is 22.8 Å². The van der Waals surface area contributed by atoms with Crippen LogP contribution in [-0.2, 0) is 0 Å². The lowest BCUT2D eigenvalue weighted by Gasteiger charge is -2.15. The Morgan fingerprint density at radius 1 is 1.00 bits per heavy atom. The highest BCUT2D eigenvalue weighted by molar-refractivity contribution is 6.04. The van der Waals surface area contributed by atoms with Gasteiger partial charge in [0.15, 0.2) is 0 Å². The van der Waals surface area contributed by atoms with Crippen molar-refractivity contribution < 1.29 is 13.9 Å². The summed E-state index contributed by atoms with van der Waals surface area (Å²) in [6, 6.07) is 21.3. The van der Waals surface area contributed by atoms with Crippen LogP contribution >= 0.6 is 0 Å². The number of amides is 1. The van der Waals surface area contributed by atoms with E-state index in [-0.39, 0.29) is 17.4 Å². The molecule has 1 aromatic heterocycles. The Morgan fingerprint density at radius 2 is 1.68 bits per heavy atom. The van der Waals surface area contributed by atoms with Gasteiger partial charge in [-0.25, -0.2) is 9.37 Å². The first-order chi connectivity index (χ1) is 15.0. The van der Waals surface area contributed by atoms with E-state index in [1.807, 2.05) is 60.0 Å². The standard InChI is InChI=1S/C25H22FN3O2/c1-17-8-12-20(13-9-17)29-16-22(25(30)28(2)19-14-10-18(26)11-15-19)27-24(29)21-6-4-5-7-23(21)31-3/h4-16H,1-3H3. The molecule has 0 fully saturated rings. The average molecular weight is 415 g/mol. The third-order valence-electron chi connectivity index (χ3n) is 5.10. The Labute approximate surface area is 180 Å². The third-order valence-corrected chi connectivity index (χ3v) is 5.10. The van der Waals surface area contributed by atoms with E-state index in [4.69, 9.17) is 4.74 Å². The van der Waals surface area contributed by atoms with Gasteiger partial charge in [0, 0.05) is 24.6 Å². The molecule has 4 rings (SSSR count). The van der Waals surface area contributed by atoms with E-state index >= 15 is 0 Å². The summed E-state index contributed by atoms with van der Waals surface area (Å²) in [4.78, 5) is 19.3. The summed E-state index contributed by atoms with van der Waals surface area (Å²) < 4.78 is 20.7. The fraction of sp³-hybridized carbons (Fsp3) is 0.120. The molecule has 0 aliphatic rings. The van der Waals surface area contributed by atoms with Gasteiger partial charge in [-0.05, 0) is 55.5 Å². The number of ether oxygens (including phenoxy) is 1. The molecule has 3 aromatic carbocycles. The minimum atomic E-state index is -0.355. The van der Waals surface area contributed by atoms with E-state index < -0.39 is 0 Å². The highest BCUT2D eigenvalue weighted by Crippen LogP contribution is 2.31. The first-order valence-electron chi connectivity index (χ1n) is 9.81. The zero-order valence-corrected chi connectivity index (χ0v) is 17.5. The number of carbonyl (C=O) groups is 1. The van der Waals surface area contributed by atoms with Crippen molar-refractivity contribution in [3.63, 3.8) is 0 Å². The lowest BCUT2D eigenvalue weighted by molar-refractivity contribution is 0.0988. The molecule has 156 valence electrons. The number of nitrogens with zero attached hydrogens (tertiary/aromatic N) is 3. The normalized spacial score (nSPS) is 10.7. The van der Waals surface area contributed by atoms with Crippen molar-refractivity contribution in [2.45, 2.75) is 6.92 Å². The molecule has 1 heterocycles. The minimum Gasteiger partial charge on any atom is -0.496 e. The molecule has 6 heteroatoms. The molecule has 0 saturated heterocycles. The molecule has 0 unspecified atom stereocenters. The lowest BCUT2D eigenvalue weighted by Crippen LogP contribution is -2.26. The van der Waals surface area contributed by atoms with Crippen molar-refractivity contribution in [1.82, 2.24) is 9.55 Å². The van der Waals surface area contributed by atoms with Crippen molar-refractivity contribution in [1.29, 1.82) is 0 Å². The Morgan fingerprint density at radius 3 is 2.35 bits per heavy atom. The van der Waals surface area contributed by atoms with E-state index in [2.05, 4.69) is 4.98 Å². The summed E-state index contributed by atoms with van der Waals surface area (Å²) in [5.74, 6) is 0.602. The molecule has 1 amide bonds. The number of benzene rings is 3. The number of para-hydroxylation sites is 1. The van der Waals surface area contributed by atoms with Crippen LogP contribution in [0.5, 0.6) is 5.75 Å². The van der Waals surface area contributed by atoms with Gasteiger partial charge in [0.2, 0.25) is 0 Å². The summed E-state index contributed by atoms with van der Waals surface area (Å²) in [6.07, 6.45) is 1.72. The van der Waals surface area contributed by atoms with Crippen molar-refractivity contribution in [2.75, 3.05) is 19.1 Å². The van der Waals surface area contributed by atoms with Crippen LogP contribution in [0.3, 0.4) is 0 Å². The predicted octanol–water partition coefficient (Wildman–Crippen LogP) is 5.27. The number of hydrogen-bond acceptors (Lipinski definition) is 3. The first kappa shape index (κ1) is 20.3. The van der Waals surface area contributed by atoms with Crippen LogP contribution < -0.4 is 9.64 Å². The average Bonchev–Trinajstić information content (AvgIpc) is 3.24. The summed E-state index contributed by atoms with van der Waals surface area (Å²) >= 11 is 0. The van der Waals surface area contributed by atoms with Crippen LogP contribution in [-0.4, -0.2) is 29.6 Å². The fourth-order valence-electron chi connectivity index (χ4n) is 3.36. The molecule has 4 aromatic rings.